The summed E-state index contributed by atoms with van der Waals surface area (Å²) in [6, 6.07) is 0.235. The van der Waals surface area contributed by atoms with Crippen molar-refractivity contribution in [2.45, 2.75) is 39.3 Å². The molecule has 6 nitrogen and oxygen atoms in total. The van der Waals surface area contributed by atoms with Crippen LogP contribution in [0, 0.1) is 19.8 Å². The third kappa shape index (κ3) is 2.52. The number of hydrogen-bond donors (Lipinski definition) is 0. The number of thiazole rings is 1. The molecular formula is C16H20N4O2S. The van der Waals surface area contributed by atoms with Crippen LogP contribution < -0.4 is 4.90 Å². The molecule has 5 heterocycles. The summed E-state index contributed by atoms with van der Waals surface area (Å²) in [7, 11) is 0. The zero-order chi connectivity index (χ0) is 16.0. The Balaban J connectivity index is 1.61. The first-order valence-electron chi connectivity index (χ1n) is 8.00. The zero-order valence-electron chi connectivity index (χ0n) is 13.4. The summed E-state index contributed by atoms with van der Waals surface area (Å²) >= 11 is 1.64. The first-order valence-corrected chi connectivity index (χ1v) is 8.88. The smallest absolute Gasteiger partial charge is 0.228 e. The Morgan fingerprint density at radius 2 is 2.22 bits per heavy atom. The van der Waals surface area contributed by atoms with Gasteiger partial charge in [0.15, 0.2) is 5.13 Å². The maximum Gasteiger partial charge on any atom is 0.228 e. The number of anilines is 1. The third-order valence-corrected chi connectivity index (χ3v) is 5.83. The lowest BCUT2D eigenvalue weighted by atomic mass is 9.93. The van der Waals surface area contributed by atoms with Crippen LogP contribution in [-0.4, -0.2) is 40.1 Å². The van der Waals surface area contributed by atoms with Gasteiger partial charge < -0.3 is 14.3 Å². The molecule has 122 valence electrons. The van der Waals surface area contributed by atoms with Gasteiger partial charge in [0.2, 0.25) is 5.91 Å². The van der Waals surface area contributed by atoms with Gasteiger partial charge >= 0.3 is 0 Å². The second-order valence-corrected chi connectivity index (χ2v) is 7.29. The summed E-state index contributed by atoms with van der Waals surface area (Å²) in [5, 5.41) is 7.03. The van der Waals surface area contributed by atoms with Crippen LogP contribution >= 0.6 is 11.3 Å². The van der Waals surface area contributed by atoms with Crippen molar-refractivity contribution in [3.63, 3.8) is 0 Å². The number of aryl methyl sites for hydroxylation is 2. The zero-order valence-corrected chi connectivity index (χ0v) is 14.2. The maximum absolute atomic E-state index is 12.9. The SMILES string of the molecule is Cc1noc(C)c1CN1C(=O)[C@@H]2CC[C@H]1CN(c1nccs1)C2. The Kier molecular flexibility index (Phi) is 3.60. The highest BCUT2D eigenvalue weighted by Crippen LogP contribution is 2.33. The number of hydrogen-bond acceptors (Lipinski definition) is 6. The molecule has 2 atom stereocenters. The topological polar surface area (TPSA) is 62.5 Å². The molecule has 0 unspecified atom stereocenters. The molecule has 0 radical (unpaired) electrons. The average Bonchev–Trinajstić information content (AvgIpc) is 3.08. The van der Waals surface area contributed by atoms with Gasteiger partial charge in [-0.2, -0.15) is 0 Å². The molecule has 0 spiro atoms. The number of nitrogens with zero attached hydrogens (tertiary/aromatic N) is 4. The molecule has 3 fully saturated rings. The number of carbonyl (C=O) groups excluding carboxylic acids is 1. The molecule has 0 N–H and O–H groups in total. The normalized spacial score (nSPS) is 24.3. The molecule has 2 bridgehead atoms. The molecule has 3 saturated heterocycles. The largest absolute Gasteiger partial charge is 0.361 e. The molecule has 0 aromatic carbocycles. The number of amides is 1. The second kappa shape index (κ2) is 5.63. The predicted molar refractivity (Wildman–Crippen MR) is 87.4 cm³/mol. The van der Waals surface area contributed by atoms with Crippen molar-refractivity contribution in [1.29, 1.82) is 0 Å². The molecule has 1 amide bonds. The number of aromatic nitrogens is 2. The van der Waals surface area contributed by atoms with Gasteiger partial charge in [-0.15, -0.1) is 11.3 Å². The van der Waals surface area contributed by atoms with Gasteiger partial charge in [0, 0.05) is 36.3 Å². The Bertz CT molecular complexity index is 692. The van der Waals surface area contributed by atoms with E-state index in [4.69, 9.17) is 4.52 Å². The van der Waals surface area contributed by atoms with E-state index in [1.165, 1.54) is 0 Å². The number of fused-ring (bicyclic) bond motifs is 4. The van der Waals surface area contributed by atoms with Gasteiger partial charge in [-0.05, 0) is 26.7 Å². The fraction of sp³-hybridized carbons (Fsp3) is 0.562. The van der Waals surface area contributed by atoms with E-state index in [0.717, 1.165) is 48.1 Å². The van der Waals surface area contributed by atoms with E-state index < -0.39 is 0 Å². The van der Waals surface area contributed by atoms with E-state index in [2.05, 4.69) is 15.0 Å². The molecule has 5 rings (SSSR count). The molecule has 0 saturated carbocycles. The van der Waals surface area contributed by atoms with E-state index in [9.17, 15) is 4.79 Å². The lowest BCUT2D eigenvalue weighted by molar-refractivity contribution is -0.140. The molecule has 3 aliphatic rings. The summed E-state index contributed by atoms with van der Waals surface area (Å²) < 4.78 is 5.26. The molecule has 0 aliphatic carbocycles. The van der Waals surface area contributed by atoms with Gasteiger partial charge in [0.1, 0.15) is 5.76 Å². The van der Waals surface area contributed by atoms with Crippen molar-refractivity contribution in [3.8, 4) is 0 Å². The summed E-state index contributed by atoms with van der Waals surface area (Å²) in [5.74, 6) is 1.14. The maximum atomic E-state index is 12.9. The summed E-state index contributed by atoms with van der Waals surface area (Å²) in [6.07, 6.45) is 3.86. The van der Waals surface area contributed by atoms with Crippen LogP contribution in [-0.2, 0) is 11.3 Å². The van der Waals surface area contributed by atoms with Crippen LogP contribution in [0.4, 0.5) is 5.13 Å². The Hall–Kier alpha value is -1.89. The second-order valence-electron chi connectivity index (χ2n) is 6.42. The minimum absolute atomic E-state index is 0.0677. The molecule has 23 heavy (non-hydrogen) atoms. The number of rotatable bonds is 3. The van der Waals surface area contributed by atoms with Crippen molar-refractivity contribution >= 4 is 22.4 Å². The first kappa shape index (κ1) is 14.7. The van der Waals surface area contributed by atoms with Gasteiger partial charge in [0.05, 0.1) is 18.2 Å². The minimum atomic E-state index is 0.0677. The van der Waals surface area contributed by atoms with Crippen molar-refractivity contribution in [1.82, 2.24) is 15.0 Å². The van der Waals surface area contributed by atoms with E-state index in [1.807, 2.05) is 30.3 Å². The molecular weight excluding hydrogens is 312 g/mol. The van der Waals surface area contributed by atoms with Crippen molar-refractivity contribution in [2.24, 2.45) is 5.92 Å². The van der Waals surface area contributed by atoms with Crippen LogP contribution in [0.3, 0.4) is 0 Å². The summed E-state index contributed by atoms with van der Waals surface area (Å²) in [5.41, 5.74) is 1.93. The highest BCUT2D eigenvalue weighted by Gasteiger charge is 2.41. The Morgan fingerprint density at radius 1 is 1.35 bits per heavy atom. The number of piperidine rings is 1. The highest BCUT2D eigenvalue weighted by molar-refractivity contribution is 7.13. The monoisotopic (exact) mass is 332 g/mol. The quantitative estimate of drug-likeness (QED) is 0.863. The van der Waals surface area contributed by atoms with E-state index >= 15 is 0 Å². The van der Waals surface area contributed by atoms with E-state index in [1.54, 1.807) is 11.3 Å². The fourth-order valence-corrected chi connectivity index (χ4v) is 4.34. The van der Waals surface area contributed by atoms with Gasteiger partial charge in [-0.1, -0.05) is 5.16 Å². The Labute approximate surface area is 139 Å². The molecule has 2 aromatic heterocycles. The van der Waals surface area contributed by atoms with Gasteiger partial charge in [-0.3, -0.25) is 4.79 Å². The molecule has 2 aromatic rings. The fourth-order valence-electron chi connectivity index (χ4n) is 3.67. The first-order chi connectivity index (χ1) is 11.1. The van der Waals surface area contributed by atoms with Crippen molar-refractivity contribution in [2.75, 3.05) is 18.0 Å². The van der Waals surface area contributed by atoms with Crippen LogP contribution in [0.15, 0.2) is 16.1 Å². The van der Waals surface area contributed by atoms with Crippen LogP contribution in [0.25, 0.3) is 0 Å². The molecule has 3 aliphatic heterocycles. The van der Waals surface area contributed by atoms with E-state index in [0.29, 0.717) is 6.54 Å². The van der Waals surface area contributed by atoms with Crippen LogP contribution in [0.5, 0.6) is 0 Å². The highest BCUT2D eigenvalue weighted by atomic mass is 32.1. The van der Waals surface area contributed by atoms with Crippen LogP contribution in [0.1, 0.15) is 29.9 Å². The number of carbonyl (C=O) groups is 1. The van der Waals surface area contributed by atoms with Crippen molar-refractivity contribution in [3.05, 3.63) is 28.6 Å². The third-order valence-electron chi connectivity index (χ3n) is 4.99. The van der Waals surface area contributed by atoms with Gasteiger partial charge in [0.25, 0.3) is 0 Å². The minimum Gasteiger partial charge on any atom is -0.361 e. The standard InChI is InChI=1S/C16H20N4O2S/c1-10-14(11(2)22-18-10)9-20-13-4-3-12(15(20)21)7-19(8-13)16-17-5-6-23-16/h5-6,12-13H,3-4,7-9H2,1-2H3/t12-,13+/m1/s1. The molecule has 7 heteroatoms. The predicted octanol–water partition coefficient (Wildman–Crippen LogP) is 2.38. The summed E-state index contributed by atoms with van der Waals surface area (Å²) in [6.45, 7) is 6.10. The van der Waals surface area contributed by atoms with Gasteiger partial charge in [-0.25, -0.2) is 4.98 Å². The summed E-state index contributed by atoms with van der Waals surface area (Å²) in [4.78, 5) is 21.6. The lowest BCUT2D eigenvalue weighted by Crippen LogP contribution is -2.47. The van der Waals surface area contributed by atoms with Crippen LogP contribution in [0.2, 0.25) is 0 Å². The lowest BCUT2D eigenvalue weighted by Gasteiger charge is -2.35. The van der Waals surface area contributed by atoms with E-state index in [-0.39, 0.29) is 17.9 Å². The average molecular weight is 332 g/mol. The van der Waals surface area contributed by atoms with Crippen molar-refractivity contribution < 1.29 is 9.32 Å². The Morgan fingerprint density at radius 3 is 2.91 bits per heavy atom.